The van der Waals surface area contributed by atoms with E-state index >= 15 is 0 Å². The number of amides is 3. The van der Waals surface area contributed by atoms with Crippen LogP contribution in [-0.2, 0) is 45.2 Å². The van der Waals surface area contributed by atoms with Crippen molar-refractivity contribution in [1.29, 1.82) is 0 Å². The number of rotatable bonds is 17. The summed E-state index contributed by atoms with van der Waals surface area (Å²) in [6.07, 6.45) is 0.408. The number of aliphatic carboxylic acids is 1. The van der Waals surface area contributed by atoms with Gasteiger partial charge in [-0.1, -0.05) is 78.9 Å². The van der Waals surface area contributed by atoms with Gasteiger partial charge in [-0.15, -0.1) is 0 Å². The number of ether oxygens (including phenoxy) is 2. The van der Waals surface area contributed by atoms with Gasteiger partial charge in [-0.2, -0.15) is 0 Å². The second-order valence-corrected chi connectivity index (χ2v) is 13.0. The van der Waals surface area contributed by atoms with Crippen molar-refractivity contribution in [3.8, 4) is 0 Å². The zero-order valence-corrected chi connectivity index (χ0v) is 28.8. The van der Waals surface area contributed by atoms with Crippen molar-refractivity contribution in [3.63, 3.8) is 0 Å². The number of aromatic nitrogens is 1. The fraction of sp³-hybridized carbons (Fsp3) is 0.368. The number of carboxylic acid groups (broad SMARTS) is 1. The number of carbonyl (C=O) groups excluding carboxylic acids is 3. The fourth-order valence-corrected chi connectivity index (χ4v) is 5.39. The first-order chi connectivity index (χ1) is 24.0. The summed E-state index contributed by atoms with van der Waals surface area (Å²) in [4.78, 5) is 53.8. The molecule has 0 spiro atoms. The lowest BCUT2D eigenvalue weighted by molar-refractivity contribution is -0.139. The molecule has 4 aromatic rings. The highest BCUT2D eigenvalue weighted by molar-refractivity contribution is 5.87. The van der Waals surface area contributed by atoms with Gasteiger partial charge in [-0.3, -0.25) is 4.79 Å². The van der Waals surface area contributed by atoms with Crippen LogP contribution in [0, 0.1) is 0 Å². The predicted octanol–water partition coefficient (Wildman–Crippen LogP) is 5.56. The number of alkyl carbamates (subject to hydrolysis) is 2. The average Bonchev–Trinajstić information content (AvgIpc) is 3.44. The van der Waals surface area contributed by atoms with Crippen LogP contribution in [-0.4, -0.2) is 58.4 Å². The van der Waals surface area contributed by atoms with E-state index in [-0.39, 0.29) is 25.5 Å². The van der Waals surface area contributed by atoms with E-state index in [9.17, 15) is 24.3 Å². The van der Waals surface area contributed by atoms with Crippen molar-refractivity contribution in [2.45, 2.75) is 83.8 Å². The molecule has 0 unspecified atom stereocenters. The van der Waals surface area contributed by atoms with Crippen molar-refractivity contribution < 1.29 is 33.8 Å². The molecule has 0 aliphatic rings. The Morgan fingerprint density at radius 2 is 1.44 bits per heavy atom. The molecule has 4 rings (SSSR count). The molecule has 12 heteroatoms. The van der Waals surface area contributed by atoms with Crippen molar-refractivity contribution in [3.05, 3.63) is 107 Å². The minimum atomic E-state index is -1.25. The van der Waals surface area contributed by atoms with E-state index < -0.39 is 35.8 Å². The number of carbonyl (C=O) groups is 4. The number of unbranched alkanes of at least 4 members (excludes halogenated alkanes) is 1. The number of nitrogens with one attached hydrogen (secondary N) is 5. The number of benzene rings is 3. The van der Waals surface area contributed by atoms with Crippen LogP contribution in [0.3, 0.4) is 0 Å². The quantitative estimate of drug-likeness (QED) is 0.0785. The van der Waals surface area contributed by atoms with Gasteiger partial charge in [0.25, 0.3) is 0 Å². The first kappa shape index (κ1) is 37.5. The van der Waals surface area contributed by atoms with Crippen LogP contribution in [0.15, 0.2) is 84.9 Å². The van der Waals surface area contributed by atoms with Crippen LogP contribution in [0.5, 0.6) is 0 Å². The lowest BCUT2D eigenvalue weighted by atomic mass is 10.0. The van der Waals surface area contributed by atoms with Gasteiger partial charge in [0.1, 0.15) is 18.2 Å². The van der Waals surface area contributed by atoms with E-state index in [0.717, 1.165) is 22.0 Å². The van der Waals surface area contributed by atoms with E-state index in [0.29, 0.717) is 43.6 Å². The number of fused-ring (bicyclic) bond motifs is 1. The Hall–Kier alpha value is -5.36. The maximum absolute atomic E-state index is 13.5. The molecule has 1 heterocycles. The van der Waals surface area contributed by atoms with Gasteiger partial charge in [0, 0.05) is 42.7 Å². The summed E-state index contributed by atoms with van der Waals surface area (Å²) in [5.41, 5.74) is 3.28. The molecule has 266 valence electrons. The lowest BCUT2D eigenvalue weighted by Crippen LogP contribution is -2.45. The predicted molar refractivity (Wildman–Crippen MR) is 190 cm³/mol. The second-order valence-electron chi connectivity index (χ2n) is 13.0. The van der Waals surface area contributed by atoms with Crippen LogP contribution in [0.1, 0.15) is 62.4 Å². The molecule has 0 radical (unpaired) electrons. The third-order valence-electron chi connectivity index (χ3n) is 7.85. The molecule has 3 amide bonds. The number of para-hydroxylation sites is 1. The van der Waals surface area contributed by atoms with Crippen LogP contribution in [0.2, 0.25) is 0 Å². The smallest absolute Gasteiger partial charge is 0.408 e. The summed E-state index contributed by atoms with van der Waals surface area (Å²) in [7, 11) is 0. The van der Waals surface area contributed by atoms with Gasteiger partial charge in [0.05, 0.1) is 6.04 Å². The maximum Gasteiger partial charge on any atom is 0.408 e. The van der Waals surface area contributed by atoms with Crippen molar-refractivity contribution in [2.75, 3.05) is 6.54 Å². The number of carboxylic acids is 1. The highest BCUT2D eigenvalue weighted by atomic mass is 16.6. The molecule has 0 saturated carbocycles. The van der Waals surface area contributed by atoms with Gasteiger partial charge in [0.2, 0.25) is 5.91 Å². The van der Waals surface area contributed by atoms with Crippen molar-refractivity contribution >= 4 is 35.0 Å². The molecular weight excluding hydrogens is 638 g/mol. The minimum absolute atomic E-state index is 0.00743. The van der Waals surface area contributed by atoms with Gasteiger partial charge < -0.3 is 40.8 Å². The Kier molecular flexibility index (Phi) is 13.8. The molecule has 0 aliphatic carbocycles. The first-order valence-corrected chi connectivity index (χ1v) is 16.8. The number of aromatic amines is 1. The number of hydrogen-bond donors (Lipinski definition) is 6. The van der Waals surface area contributed by atoms with E-state index in [2.05, 4.69) is 26.3 Å². The number of H-pyrrole nitrogens is 1. The van der Waals surface area contributed by atoms with Gasteiger partial charge in [0.15, 0.2) is 0 Å². The number of hydrogen-bond acceptors (Lipinski definition) is 7. The fourth-order valence-electron chi connectivity index (χ4n) is 5.39. The molecule has 3 aromatic carbocycles. The molecular formula is C38H47N5O7. The van der Waals surface area contributed by atoms with Crippen LogP contribution >= 0.6 is 0 Å². The Morgan fingerprint density at radius 1 is 0.780 bits per heavy atom. The van der Waals surface area contributed by atoms with E-state index in [4.69, 9.17) is 9.47 Å². The third-order valence-corrected chi connectivity index (χ3v) is 7.85. The van der Waals surface area contributed by atoms with Crippen LogP contribution < -0.4 is 21.3 Å². The summed E-state index contributed by atoms with van der Waals surface area (Å²) in [6.45, 7) is 6.28. The van der Waals surface area contributed by atoms with Gasteiger partial charge >= 0.3 is 18.2 Å². The summed E-state index contributed by atoms with van der Waals surface area (Å²) in [6, 6.07) is 24.7. The summed E-state index contributed by atoms with van der Waals surface area (Å²) >= 11 is 0. The zero-order valence-electron chi connectivity index (χ0n) is 28.8. The Balaban J connectivity index is 1.41. The molecule has 0 saturated heterocycles. The normalized spacial score (nSPS) is 12.5. The molecule has 6 N–H and O–H groups in total. The Morgan fingerprint density at radius 3 is 2.12 bits per heavy atom. The van der Waals surface area contributed by atoms with Gasteiger partial charge in [-0.05, 0) is 62.8 Å². The van der Waals surface area contributed by atoms with Crippen LogP contribution in [0.25, 0.3) is 10.9 Å². The third kappa shape index (κ3) is 12.3. The molecule has 0 bridgehead atoms. The monoisotopic (exact) mass is 685 g/mol. The van der Waals surface area contributed by atoms with E-state index in [1.807, 2.05) is 84.9 Å². The Bertz CT molecular complexity index is 1700. The molecule has 50 heavy (non-hydrogen) atoms. The van der Waals surface area contributed by atoms with Crippen molar-refractivity contribution in [1.82, 2.24) is 26.3 Å². The van der Waals surface area contributed by atoms with Gasteiger partial charge in [-0.25, -0.2) is 14.4 Å². The molecule has 2 atom stereocenters. The second kappa shape index (κ2) is 18.4. The topological polar surface area (TPSA) is 171 Å². The lowest BCUT2D eigenvalue weighted by Gasteiger charge is -2.22. The minimum Gasteiger partial charge on any atom is -0.480 e. The SMILES string of the molecule is CC(C)(C)OC(=O)N[C@H](Cc1c(CN[C@@H](CCCCNC(=O)OCc2ccccc2)C(=O)NCc2ccccc2)[nH]c2ccccc12)C(=O)O. The Labute approximate surface area is 292 Å². The highest BCUT2D eigenvalue weighted by Gasteiger charge is 2.27. The summed E-state index contributed by atoms with van der Waals surface area (Å²) in [5.74, 6) is -1.38. The van der Waals surface area contributed by atoms with E-state index in [1.54, 1.807) is 20.8 Å². The molecule has 0 aliphatic heterocycles. The largest absolute Gasteiger partial charge is 0.480 e. The zero-order chi connectivity index (χ0) is 35.9. The van der Waals surface area contributed by atoms with E-state index in [1.165, 1.54) is 0 Å². The average molecular weight is 686 g/mol. The standard InChI is InChI=1S/C38H47N5O7/c1-38(2,3)50-37(48)43-32(35(45)46)22-29-28-18-10-11-19-30(28)42-33(29)24-40-31(34(44)41-23-26-14-6-4-7-15-26)20-12-13-21-39-36(47)49-25-27-16-8-5-9-17-27/h4-11,14-19,31-32,40,42H,12-13,20-25H2,1-3H3,(H,39,47)(H,41,44)(H,43,48)(H,45,46)/t31-,32+/m0/s1. The summed E-state index contributed by atoms with van der Waals surface area (Å²) < 4.78 is 10.6. The molecule has 1 aromatic heterocycles. The summed E-state index contributed by atoms with van der Waals surface area (Å²) in [5, 5.41) is 22.4. The van der Waals surface area contributed by atoms with Crippen molar-refractivity contribution in [2.24, 2.45) is 0 Å². The first-order valence-electron chi connectivity index (χ1n) is 16.8. The maximum atomic E-state index is 13.5. The van der Waals surface area contributed by atoms with Crippen LogP contribution in [0.4, 0.5) is 9.59 Å². The molecule has 12 nitrogen and oxygen atoms in total. The highest BCUT2D eigenvalue weighted by Crippen LogP contribution is 2.24. The molecule has 0 fully saturated rings.